The van der Waals surface area contributed by atoms with E-state index in [1.807, 2.05) is 0 Å². The lowest BCUT2D eigenvalue weighted by atomic mass is 9.92. The van der Waals surface area contributed by atoms with E-state index in [-0.39, 0.29) is 0 Å². The van der Waals surface area contributed by atoms with Crippen molar-refractivity contribution in [2.24, 2.45) is 0 Å². The standard InChI is InChI=1S/C12H18N2/c1-9-5-4-6-10-7-13-8-11(12(9)10)14(2)3/h4-6,11,13H,7-8H2,1-3H3/p+2/t11-/m0/s1. The lowest BCUT2D eigenvalue weighted by Gasteiger charge is -2.27. The lowest BCUT2D eigenvalue weighted by molar-refractivity contribution is -0.912. The first-order valence-corrected chi connectivity index (χ1v) is 5.40. The Morgan fingerprint density at radius 3 is 2.86 bits per heavy atom. The van der Waals surface area contributed by atoms with Crippen LogP contribution >= 0.6 is 0 Å². The molecule has 0 saturated carbocycles. The third kappa shape index (κ3) is 1.56. The largest absolute Gasteiger partial charge is 0.337 e. The SMILES string of the molecule is Cc1cccc2c1[C@@H]([NH+](C)C)C[NH2+]C2. The van der Waals surface area contributed by atoms with Crippen LogP contribution in [0.4, 0.5) is 0 Å². The van der Waals surface area contributed by atoms with Gasteiger partial charge in [-0.25, -0.2) is 0 Å². The fraction of sp³-hybridized carbons (Fsp3) is 0.500. The number of hydrogen-bond donors (Lipinski definition) is 2. The van der Waals surface area contributed by atoms with Crippen LogP contribution in [0, 0.1) is 6.92 Å². The zero-order chi connectivity index (χ0) is 10.1. The zero-order valence-corrected chi connectivity index (χ0v) is 9.30. The summed E-state index contributed by atoms with van der Waals surface area (Å²) in [7, 11) is 4.50. The van der Waals surface area contributed by atoms with Gasteiger partial charge in [0.25, 0.3) is 0 Å². The maximum Gasteiger partial charge on any atom is 0.163 e. The number of aryl methyl sites for hydroxylation is 1. The van der Waals surface area contributed by atoms with Crippen molar-refractivity contribution < 1.29 is 10.2 Å². The van der Waals surface area contributed by atoms with Crippen LogP contribution in [-0.2, 0) is 6.54 Å². The second kappa shape index (κ2) is 3.71. The summed E-state index contributed by atoms with van der Waals surface area (Å²) in [5.41, 5.74) is 4.58. The molecule has 1 aromatic rings. The van der Waals surface area contributed by atoms with Crippen LogP contribution in [0.1, 0.15) is 22.7 Å². The monoisotopic (exact) mass is 192 g/mol. The molecule has 14 heavy (non-hydrogen) atoms. The predicted molar refractivity (Wildman–Crippen MR) is 57.2 cm³/mol. The van der Waals surface area contributed by atoms with Gasteiger partial charge in [-0.05, 0) is 12.5 Å². The Morgan fingerprint density at radius 2 is 2.14 bits per heavy atom. The highest BCUT2D eigenvalue weighted by Gasteiger charge is 2.28. The average molecular weight is 192 g/mol. The Bertz CT molecular complexity index is 331. The molecule has 1 atom stereocenters. The highest BCUT2D eigenvalue weighted by atomic mass is 15.1. The van der Waals surface area contributed by atoms with Gasteiger partial charge in [0.1, 0.15) is 13.1 Å². The molecule has 76 valence electrons. The molecule has 1 aliphatic rings. The highest BCUT2D eigenvalue weighted by Crippen LogP contribution is 2.20. The topological polar surface area (TPSA) is 21.1 Å². The fourth-order valence-electron chi connectivity index (χ4n) is 2.47. The van der Waals surface area contributed by atoms with Crippen LogP contribution in [0.25, 0.3) is 0 Å². The average Bonchev–Trinajstić information content (AvgIpc) is 2.17. The van der Waals surface area contributed by atoms with Gasteiger partial charge in [0.15, 0.2) is 6.04 Å². The van der Waals surface area contributed by atoms with Gasteiger partial charge in [-0.2, -0.15) is 0 Å². The first kappa shape index (κ1) is 9.69. The summed E-state index contributed by atoms with van der Waals surface area (Å²) in [4.78, 5) is 1.54. The van der Waals surface area contributed by atoms with E-state index in [4.69, 9.17) is 0 Å². The number of fused-ring (bicyclic) bond motifs is 1. The Balaban J connectivity index is 2.47. The third-order valence-corrected chi connectivity index (χ3v) is 3.23. The Morgan fingerprint density at radius 1 is 1.36 bits per heavy atom. The van der Waals surface area contributed by atoms with E-state index in [9.17, 15) is 0 Å². The van der Waals surface area contributed by atoms with Gasteiger partial charge >= 0.3 is 0 Å². The van der Waals surface area contributed by atoms with E-state index < -0.39 is 0 Å². The molecule has 2 heteroatoms. The number of rotatable bonds is 1. The summed E-state index contributed by atoms with van der Waals surface area (Å²) in [6, 6.07) is 7.35. The molecule has 0 unspecified atom stereocenters. The van der Waals surface area contributed by atoms with Gasteiger partial charge in [0.2, 0.25) is 0 Å². The second-order valence-electron chi connectivity index (χ2n) is 4.51. The van der Waals surface area contributed by atoms with Crippen LogP contribution in [0.2, 0.25) is 0 Å². The number of benzene rings is 1. The van der Waals surface area contributed by atoms with Crippen molar-refractivity contribution >= 4 is 0 Å². The minimum atomic E-state index is 0.667. The van der Waals surface area contributed by atoms with Gasteiger partial charge in [-0.3, -0.25) is 0 Å². The van der Waals surface area contributed by atoms with Gasteiger partial charge < -0.3 is 10.2 Å². The maximum atomic E-state index is 2.42. The minimum Gasteiger partial charge on any atom is -0.337 e. The number of nitrogens with two attached hydrogens (primary N) is 1. The smallest absolute Gasteiger partial charge is 0.163 e. The van der Waals surface area contributed by atoms with Crippen molar-refractivity contribution in [2.45, 2.75) is 19.5 Å². The van der Waals surface area contributed by atoms with E-state index in [0.29, 0.717) is 6.04 Å². The molecular weight excluding hydrogens is 172 g/mol. The Labute approximate surface area is 85.9 Å². The maximum absolute atomic E-state index is 2.42. The van der Waals surface area contributed by atoms with Crippen molar-refractivity contribution in [3.63, 3.8) is 0 Å². The molecule has 0 radical (unpaired) electrons. The molecule has 0 aliphatic carbocycles. The number of nitrogens with one attached hydrogen (secondary N) is 1. The molecule has 1 heterocycles. The number of quaternary nitrogens is 2. The van der Waals surface area contributed by atoms with Crippen LogP contribution in [-0.4, -0.2) is 20.6 Å². The summed E-state index contributed by atoms with van der Waals surface area (Å²) in [6.07, 6.45) is 0. The lowest BCUT2D eigenvalue weighted by Crippen LogP contribution is -3.10. The molecule has 3 N–H and O–H groups in total. The second-order valence-corrected chi connectivity index (χ2v) is 4.51. The summed E-state index contributed by atoms with van der Waals surface area (Å²) in [5, 5.41) is 2.42. The molecule has 2 nitrogen and oxygen atoms in total. The van der Waals surface area contributed by atoms with Crippen LogP contribution in [0.3, 0.4) is 0 Å². The highest BCUT2D eigenvalue weighted by molar-refractivity contribution is 5.36. The molecule has 1 aliphatic heterocycles. The predicted octanol–water partition coefficient (Wildman–Crippen LogP) is -0.742. The van der Waals surface area contributed by atoms with Gasteiger partial charge in [0.05, 0.1) is 14.1 Å². The van der Waals surface area contributed by atoms with Gasteiger partial charge in [-0.1, -0.05) is 18.2 Å². The summed E-state index contributed by atoms with van der Waals surface area (Å²) < 4.78 is 0. The number of hydrogen-bond acceptors (Lipinski definition) is 0. The normalized spacial score (nSPS) is 21.0. The molecule has 0 spiro atoms. The van der Waals surface area contributed by atoms with Crippen LogP contribution in [0.5, 0.6) is 0 Å². The summed E-state index contributed by atoms with van der Waals surface area (Å²) >= 11 is 0. The van der Waals surface area contributed by atoms with E-state index in [1.54, 1.807) is 5.56 Å². The molecule has 0 aromatic heterocycles. The Kier molecular flexibility index (Phi) is 2.57. The van der Waals surface area contributed by atoms with E-state index in [0.717, 1.165) is 6.54 Å². The number of likely N-dealkylation sites (N-methyl/N-ethyl adjacent to an activating group) is 1. The first-order valence-electron chi connectivity index (χ1n) is 5.40. The summed E-state index contributed by atoms with van der Waals surface area (Å²) in [6.45, 7) is 4.61. The minimum absolute atomic E-state index is 0.667. The fourth-order valence-corrected chi connectivity index (χ4v) is 2.47. The zero-order valence-electron chi connectivity index (χ0n) is 9.30. The molecule has 0 amide bonds. The van der Waals surface area contributed by atoms with Crippen molar-refractivity contribution in [3.05, 3.63) is 34.9 Å². The van der Waals surface area contributed by atoms with Crippen molar-refractivity contribution in [3.8, 4) is 0 Å². The van der Waals surface area contributed by atoms with Crippen molar-refractivity contribution in [1.29, 1.82) is 0 Å². The van der Waals surface area contributed by atoms with Crippen LogP contribution in [0.15, 0.2) is 18.2 Å². The van der Waals surface area contributed by atoms with Crippen LogP contribution < -0.4 is 10.2 Å². The molecule has 0 fully saturated rings. The molecule has 1 aromatic carbocycles. The molecule has 0 saturated heterocycles. The first-order chi connectivity index (χ1) is 6.70. The quantitative estimate of drug-likeness (QED) is 0.585. The Hall–Kier alpha value is -0.860. The van der Waals surface area contributed by atoms with Gasteiger partial charge in [-0.15, -0.1) is 0 Å². The summed E-state index contributed by atoms with van der Waals surface area (Å²) in [5.74, 6) is 0. The van der Waals surface area contributed by atoms with Gasteiger partial charge in [0, 0.05) is 11.1 Å². The van der Waals surface area contributed by atoms with Crippen molar-refractivity contribution in [2.75, 3.05) is 20.6 Å². The molecule has 2 rings (SSSR count). The van der Waals surface area contributed by atoms with E-state index in [1.165, 1.54) is 22.6 Å². The van der Waals surface area contributed by atoms with E-state index in [2.05, 4.69) is 44.5 Å². The molecular formula is C12H20N2+2. The van der Waals surface area contributed by atoms with Crippen molar-refractivity contribution in [1.82, 2.24) is 0 Å². The third-order valence-electron chi connectivity index (χ3n) is 3.23. The van der Waals surface area contributed by atoms with E-state index >= 15 is 0 Å². The molecule has 0 bridgehead atoms.